The molecule has 21 heavy (non-hydrogen) atoms. The highest BCUT2D eigenvalue weighted by atomic mass is 16.5. The predicted molar refractivity (Wildman–Crippen MR) is 80.1 cm³/mol. The van der Waals surface area contributed by atoms with Crippen LogP contribution in [-0.2, 0) is 0 Å². The molecule has 0 bridgehead atoms. The molecule has 0 unspecified atom stereocenters. The van der Waals surface area contributed by atoms with Gasteiger partial charge in [0.25, 0.3) is 5.56 Å². The van der Waals surface area contributed by atoms with Crippen molar-refractivity contribution in [3.63, 3.8) is 0 Å². The number of methoxy groups -OCH3 is 1. The Bertz CT molecular complexity index is 796. The van der Waals surface area contributed by atoms with Gasteiger partial charge in [0.2, 0.25) is 0 Å². The summed E-state index contributed by atoms with van der Waals surface area (Å²) in [5.74, 6) is 1.18. The number of nitrogens with zero attached hydrogens (tertiary/aromatic N) is 2. The van der Waals surface area contributed by atoms with Crippen LogP contribution in [0.5, 0.6) is 5.75 Å². The third-order valence-corrected chi connectivity index (χ3v) is 3.11. The fourth-order valence-corrected chi connectivity index (χ4v) is 2.00. The van der Waals surface area contributed by atoms with Crippen LogP contribution in [0.25, 0.3) is 22.6 Å². The molecule has 0 aliphatic heterocycles. The van der Waals surface area contributed by atoms with Gasteiger partial charge in [0.05, 0.1) is 7.11 Å². The Hall–Kier alpha value is -2.95. The Morgan fingerprint density at radius 2 is 1.62 bits per heavy atom. The van der Waals surface area contributed by atoms with E-state index in [0.717, 1.165) is 11.3 Å². The summed E-state index contributed by atoms with van der Waals surface area (Å²) in [7, 11) is 1.59. The van der Waals surface area contributed by atoms with Gasteiger partial charge in [-0.25, -0.2) is 0 Å². The average Bonchev–Trinajstić information content (AvgIpc) is 2.56. The highest BCUT2D eigenvalue weighted by molar-refractivity contribution is 5.60. The molecule has 1 heterocycles. The van der Waals surface area contributed by atoms with E-state index in [1.54, 1.807) is 31.4 Å². The zero-order valence-corrected chi connectivity index (χ0v) is 11.4. The standard InChI is InChI=1S/C16H13N3O2/c1-21-13-9-7-11(8-10-13)14-16(20)17-15(19-18-14)12-5-3-2-4-6-12/h2-10H,1H3,(H,17,19,20). The zero-order chi connectivity index (χ0) is 14.7. The third kappa shape index (κ3) is 2.67. The van der Waals surface area contributed by atoms with Crippen LogP contribution in [-0.4, -0.2) is 22.3 Å². The summed E-state index contributed by atoms with van der Waals surface area (Å²) in [6.07, 6.45) is 0. The Morgan fingerprint density at radius 3 is 2.24 bits per heavy atom. The van der Waals surface area contributed by atoms with Gasteiger partial charge in [-0.3, -0.25) is 4.79 Å². The van der Waals surface area contributed by atoms with Crippen molar-refractivity contribution < 1.29 is 4.74 Å². The fourth-order valence-electron chi connectivity index (χ4n) is 2.00. The van der Waals surface area contributed by atoms with Crippen molar-refractivity contribution >= 4 is 0 Å². The molecule has 0 spiro atoms. The summed E-state index contributed by atoms with van der Waals surface area (Å²) in [5.41, 5.74) is 1.54. The minimum atomic E-state index is -0.269. The molecule has 2 aromatic carbocycles. The molecule has 1 N–H and O–H groups in total. The van der Waals surface area contributed by atoms with E-state index in [1.807, 2.05) is 30.3 Å². The Morgan fingerprint density at radius 1 is 0.905 bits per heavy atom. The van der Waals surface area contributed by atoms with E-state index in [9.17, 15) is 4.79 Å². The molecule has 0 radical (unpaired) electrons. The summed E-state index contributed by atoms with van der Waals surface area (Å²) in [4.78, 5) is 14.9. The molecule has 3 aromatic rings. The number of aromatic nitrogens is 3. The summed E-state index contributed by atoms with van der Waals surface area (Å²) in [5, 5.41) is 8.14. The van der Waals surface area contributed by atoms with Crippen molar-refractivity contribution in [3.05, 3.63) is 65.0 Å². The van der Waals surface area contributed by atoms with Gasteiger partial charge in [-0.2, -0.15) is 0 Å². The first-order valence-electron chi connectivity index (χ1n) is 6.45. The maximum atomic E-state index is 12.2. The van der Waals surface area contributed by atoms with E-state index in [4.69, 9.17) is 4.74 Å². The smallest absolute Gasteiger partial charge is 0.278 e. The second-order valence-electron chi connectivity index (χ2n) is 4.45. The van der Waals surface area contributed by atoms with Gasteiger partial charge < -0.3 is 9.72 Å². The summed E-state index contributed by atoms with van der Waals surface area (Å²) >= 11 is 0. The topological polar surface area (TPSA) is 67.9 Å². The van der Waals surface area contributed by atoms with Crippen LogP contribution >= 0.6 is 0 Å². The monoisotopic (exact) mass is 279 g/mol. The number of benzene rings is 2. The first kappa shape index (κ1) is 13.1. The molecule has 0 atom stereocenters. The molecule has 0 amide bonds. The number of hydrogen-bond acceptors (Lipinski definition) is 4. The highest BCUT2D eigenvalue weighted by Gasteiger charge is 2.08. The van der Waals surface area contributed by atoms with Crippen molar-refractivity contribution in [2.45, 2.75) is 0 Å². The van der Waals surface area contributed by atoms with Gasteiger partial charge in [-0.05, 0) is 24.3 Å². The van der Waals surface area contributed by atoms with Gasteiger partial charge >= 0.3 is 0 Å². The van der Waals surface area contributed by atoms with E-state index in [0.29, 0.717) is 11.4 Å². The molecule has 0 saturated heterocycles. The number of ether oxygens (including phenoxy) is 1. The summed E-state index contributed by atoms with van der Waals surface area (Å²) in [6, 6.07) is 16.5. The summed E-state index contributed by atoms with van der Waals surface area (Å²) < 4.78 is 5.09. The van der Waals surface area contributed by atoms with E-state index < -0.39 is 0 Å². The zero-order valence-electron chi connectivity index (χ0n) is 11.4. The SMILES string of the molecule is COc1ccc(-c2nnc(-c3ccccc3)[nH]c2=O)cc1. The van der Waals surface area contributed by atoms with Gasteiger partial charge in [0.1, 0.15) is 5.75 Å². The molecule has 5 heteroatoms. The molecule has 0 aliphatic rings. The highest BCUT2D eigenvalue weighted by Crippen LogP contribution is 2.18. The van der Waals surface area contributed by atoms with Crippen molar-refractivity contribution in [1.29, 1.82) is 0 Å². The number of nitrogens with one attached hydrogen (secondary N) is 1. The van der Waals surface area contributed by atoms with Crippen molar-refractivity contribution in [1.82, 2.24) is 15.2 Å². The van der Waals surface area contributed by atoms with Crippen LogP contribution in [0.3, 0.4) is 0 Å². The number of H-pyrrole nitrogens is 1. The minimum absolute atomic E-state index is 0.269. The van der Waals surface area contributed by atoms with Crippen LogP contribution in [0.1, 0.15) is 0 Å². The summed E-state index contributed by atoms with van der Waals surface area (Å²) in [6.45, 7) is 0. The Kier molecular flexibility index (Phi) is 3.47. The third-order valence-electron chi connectivity index (χ3n) is 3.11. The van der Waals surface area contributed by atoms with E-state index >= 15 is 0 Å². The van der Waals surface area contributed by atoms with E-state index in [1.165, 1.54) is 0 Å². The molecule has 3 rings (SSSR count). The molecule has 0 fully saturated rings. The lowest BCUT2D eigenvalue weighted by Gasteiger charge is -2.03. The van der Waals surface area contributed by atoms with Crippen LogP contribution in [0.4, 0.5) is 0 Å². The largest absolute Gasteiger partial charge is 0.497 e. The predicted octanol–water partition coefficient (Wildman–Crippen LogP) is 2.51. The second kappa shape index (κ2) is 5.58. The number of hydrogen-bond donors (Lipinski definition) is 1. The van der Waals surface area contributed by atoms with Crippen LogP contribution in [0.15, 0.2) is 59.4 Å². The first-order chi connectivity index (χ1) is 10.3. The first-order valence-corrected chi connectivity index (χ1v) is 6.45. The number of aromatic amines is 1. The van der Waals surface area contributed by atoms with Crippen molar-refractivity contribution in [2.75, 3.05) is 7.11 Å². The lowest BCUT2D eigenvalue weighted by atomic mass is 10.1. The van der Waals surface area contributed by atoms with Gasteiger partial charge in [0, 0.05) is 11.1 Å². The maximum Gasteiger partial charge on any atom is 0.278 e. The van der Waals surface area contributed by atoms with Crippen LogP contribution in [0, 0.1) is 0 Å². The van der Waals surface area contributed by atoms with E-state index in [-0.39, 0.29) is 11.3 Å². The molecule has 0 saturated carbocycles. The lowest BCUT2D eigenvalue weighted by molar-refractivity contribution is 0.415. The quantitative estimate of drug-likeness (QED) is 0.800. The normalized spacial score (nSPS) is 10.3. The van der Waals surface area contributed by atoms with Crippen LogP contribution < -0.4 is 10.3 Å². The molecule has 104 valence electrons. The number of rotatable bonds is 3. The van der Waals surface area contributed by atoms with Gasteiger partial charge in [-0.15, -0.1) is 10.2 Å². The van der Waals surface area contributed by atoms with Crippen molar-refractivity contribution in [2.24, 2.45) is 0 Å². The van der Waals surface area contributed by atoms with Crippen LogP contribution in [0.2, 0.25) is 0 Å². The molecular weight excluding hydrogens is 266 g/mol. The Balaban J connectivity index is 2.00. The minimum Gasteiger partial charge on any atom is -0.497 e. The van der Waals surface area contributed by atoms with E-state index in [2.05, 4.69) is 15.2 Å². The fraction of sp³-hybridized carbons (Fsp3) is 0.0625. The lowest BCUT2D eigenvalue weighted by Crippen LogP contribution is -2.14. The molecule has 1 aromatic heterocycles. The molecule has 5 nitrogen and oxygen atoms in total. The molecule has 0 aliphatic carbocycles. The van der Waals surface area contributed by atoms with Gasteiger partial charge in [0.15, 0.2) is 11.5 Å². The second-order valence-corrected chi connectivity index (χ2v) is 4.45. The maximum absolute atomic E-state index is 12.2. The average molecular weight is 279 g/mol. The molecular formula is C16H13N3O2. The Labute approximate surface area is 121 Å². The van der Waals surface area contributed by atoms with Crippen molar-refractivity contribution in [3.8, 4) is 28.4 Å². The van der Waals surface area contributed by atoms with Gasteiger partial charge in [-0.1, -0.05) is 30.3 Å².